The van der Waals surface area contributed by atoms with Gasteiger partial charge in [-0.3, -0.25) is 4.79 Å². The summed E-state index contributed by atoms with van der Waals surface area (Å²) in [5.74, 6) is 0.109. The van der Waals surface area contributed by atoms with E-state index >= 15 is 0 Å². The number of rotatable bonds is 10. The van der Waals surface area contributed by atoms with E-state index < -0.39 is 0 Å². The molecule has 1 aromatic carbocycles. The fourth-order valence-electron chi connectivity index (χ4n) is 2.72. The van der Waals surface area contributed by atoms with Crippen LogP contribution in [0, 0.1) is 5.82 Å². The standard InChI is InChI=1S/C21H21FO5S/c1-3-25-13-26-10-8-14-11-19(20(23)17-5-4-9-27-17)28-21(14)16-7-6-15(22)12-18(16)24-2/h4-7,9,11-12H,3,8,10,13H2,1-2H3. The van der Waals surface area contributed by atoms with Crippen molar-refractivity contribution in [3.05, 3.63) is 64.7 Å². The van der Waals surface area contributed by atoms with Crippen molar-refractivity contribution in [2.45, 2.75) is 13.3 Å². The molecule has 0 saturated heterocycles. The van der Waals surface area contributed by atoms with Gasteiger partial charge in [-0.15, -0.1) is 11.3 Å². The third-order valence-electron chi connectivity index (χ3n) is 4.07. The fourth-order valence-corrected chi connectivity index (χ4v) is 3.90. The second kappa shape index (κ2) is 9.64. The van der Waals surface area contributed by atoms with Gasteiger partial charge in [-0.05, 0) is 49.2 Å². The minimum absolute atomic E-state index is 0.196. The first kappa shape index (κ1) is 20.3. The summed E-state index contributed by atoms with van der Waals surface area (Å²) in [6.45, 7) is 3.13. The first-order valence-corrected chi connectivity index (χ1v) is 9.66. The van der Waals surface area contributed by atoms with E-state index in [1.54, 1.807) is 18.2 Å². The van der Waals surface area contributed by atoms with Crippen molar-refractivity contribution in [2.24, 2.45) is 0 Å². The number of carbonyl (C=O) groups is 1. The first-order chi connectivity index (χ1) is 13.6. The SMILES string of the molecule is CCOCOCCc1cc(C(=O)c2ccco2)sc1-c1ccc(F)cc1OC. The summed E-state index contributed by atoms with van der Waals surface area (Å²) >= 11 is 1.32. The van der Waals surface area contributed by atoms with Crippen molar-refractivity contribution in [3.8, 4) is 16.2 Å². The summed E-state index contributed by atoms with van der Waals surface area (Å²) in [5, 5.41) is 0. The van der Waals surface area contributed by atoms with E-state index in [1.165, 1.54) is 36.8 Å². The van der Waals surface area contributed by atoms with E-state index in [-0.39, 0.29) is 24.2 Å². The zero-order chi connectivity index (χ0) is 19.9. The van der Waals surface area contributed by atoms with Gasteiger partial charge < -0.3 is 18.6 Å². The van der Waals surface area contributed by atoms with E-state index in [9.17, 15) is 9.18 Å². The molecular formula is C21H21FO5S. The number of benzene rings is 1. The Hall–Kier alpha value is -2.48. The van der Waals surface area contributed by atoms with Gasteiger partial charge in [0.15, 0.2) is 5.76 Å². The van der Waals surface area contributed by atoms with Crippen LogP contribution in [0.2, 0.25) is 0 Å². The molecule has 0 aliphatic heterocycles. The number of furan rings is 1. The largest absolute Gasteiger partial charge is 0.496 e. The zero-order valence-corrected chi connectivity index (χ0v) is 16.5. The maximum absolute atomic E-state index is 13.6. The molecule has 5 nitrogen and oxygen atoms in total. The second-order valence-corrected chi connectivity index (χ2v) is 6.94. The van der Waals surface area contributed by atoms with Gasteiger partial charge in [-0.1, -0.05) is 0 Å². The molecule has 0 aliphatic carbocycles. The summed E-state index contributed by atoms with van der Waals surface area (Å²) in [6.07, 6.45) is 2.04. The van der Waals surface area contributed by atoms with E-state index in [1.807, 2.05) is 13.0 Å². The molecule has 7 heteroatoms. The molecule has 0 radical (unpaired) electrons. The molecule has 0 spiro atoms. The lowest BCUT2D eigenvalue weighted by molar-refractivity contribution is -0.0481. The minimum Gasteiger partial charge on any atom is -0.496 e. The van der Waals surface area contributed by atoms with Crippen molar-refractivity contribution in [1.82, 2.24) is 0 Å². The molecule has 3 aromatic rings. The van der Waals surface area contributed by atoms with E-state index in [0.29, 0.717) is 30.3 Å². The predicted molar refractivity (Wildman–Crippen MR) is 105 cm³/mol. The molecule has 3 rings (SSSR count). The molecule has 148 valence electrons. The highest BCUT2D eigenvalue weighted by Crippen LogP contribution is 2.39. The maximum atomic E-state index is 13.6. The lowest BCUT2D eigenvalue weighted by Crippen LogP contribution is -2.03. The van der Waals surface area contributed by atoms with Crippen LogP contribution in [0.25, 0.3) is 10.4 Å². The van der Waals surface area contributed by atoms with Crippen LogP contribution in [-0.4, -0.2) is 32.9 Å². The summed E-state index contributed by atoms with van der Waals surface area (Å²) in [7, 11) is 1.49. The zero-order valence-electron chi connectivity index (χ0n) is 15.7. The highest BCUT2D eigenvalue weighted by atomic mass is 32.1. The van der Waals surface area contributed by atoms with Crippen molar-refractivity contribution in [1.29, 1.82) is 0 Å². The Bertz CT molecular complexity index is 917. The molecule has 0 aliphatic rings. The molecule has 2 aromatic heterocycles. The van der Waals surface area contributed by atoms with Crippen molar-refractivity contribution in [3.63, 3.8) is 0 Å². The lowest BCUT2D eigenvalue weighted by Gasteiger charge is -2.10. The topological polar surface area (TPSA) is 57.9 Å². The van der Waals surface area contributed by atoms with Crippen molar-refractivity contribution < 1.29 is 27.8 Å². The normalized spacial score (nSPS) is 11.0. The lowest BCUT2D eigenvalue weighted by atomic mass is 10.1. The highest BCUT2D eigenvalue weighted by Gasteiger charge is 2.21. The number of hydrogen-bond donors (Lipinski definition) is 0. The maximum Gasteiger partial charge on any atom is 0.238 e. The van der Waals surface area contributed by atoms with Gasteiger partial charge >= 0.3 is 0 Å². The Morgan fingerprint density at radius 2 is 2.07 bits per heavy atom. The van der Waals surface area contributed by atoms with Gasteiger partial charge in [0.05, 0.1) is 24.9 Å². The first-order valence-electron chi connectivity index (χ1n) is 8.84. The molecule has 28 heavy (non-hydrogen) atoms. The van der Waals surface area contributed by atoms with Gasteiger partial charge in [0, 0.05) is 23.1 Å². The molecule has 0 N–H and O–H groups in total. The summed E-state index contributed by atoms with van der Waals surface area (Å²) in [5.41, 5.74) is 1.65. The van der Waals surface area contributed by atoms with Crippen LogP contribution in [0.4, 0.5) is 4.39 Å². The Morgan fingerprint density at radius 3 is 2.79 bits per heavy atom. The summed E-state index contributed by atoms with van der Waals surface area (Å²) < 4.78 is 34.8. The van der Waals surface area contributed by atoms with Crippen molar-refractivity contribution >= 4 is 17.1 Å². The van der Waals surface area contributed by atoms with E-state index in [2.05, 4.69) is 0 Å². The molecular weight excluding hydrogens is 383 g/mol. The van der Waals surface area contributed by atoms with Gasteiger partial charge in [0.25, 0.3) is 0 Å². The Labute approximate surface area is 166 Å². The minimum atomic E-state index is -0.384. The Balaban J connectivity index is 1.93. The average molecular weight is 404 g/mol. The molecule has 0 fully saturated rings. The van der Waals surface area contributed by atoms with Crippen LogP contribution in [0.5, 0.6) is 5.75 Å². The van der Waals surface area contributed by atoms with Crippen LogP contribution >= 0.6 is 11.3 Å². The second-order valence-electron chi connectivity index (χ2n) is 5.88. The Morgan fingerprint density at radius 1 is 1.21 bits per heavy atom. The molecule has 0 bridgehead atoms. The van der Waals surface area contributed by atoms with Crippen LogP contribution in [0.1, 0.15) is 27.9 Å². The quantitative estimate of drug-likeness (QED) is 0.272. The third-order valence-corrected chi connectivity index (χ3v) is 5.28. The number of methoxy groups -OCH3 is 1. The summed E-state index contributed by atoms with van der Waals surface area (Å²) in [4.78, 5) is 14.1. The van der Waals surface area contributed by atoms with Crippen LogP contribution in [-0.2, 0) is 15.9 Å². The molecule has 0 saturated carbocycles. The predicted octanol–water partition coefficient (Wildman–Crippen LogP) is 4.94. The molecule has 0 atom stereocenters. The third kappa shape index (κ3) is 4.67. The summed E-state index contributed by atoms with van der Waals surface area (Å²) in [6, 6.07) is 9.50. The number of ether oxygens (including phenoxy) is 3. The Kier molecular flexibility index (Phi) is 6.97. The number of halogens is 1. The van der Waals surface area contributed by atoms with E-state index in [0.717, 1.165) is 16.0 Å². The van der Waals surface area contributed by atoms with Crippen LogP contribution < -0.4 is 4.74 Å². The number of thiophene rings is 1. The van der Waals surface area contributed by atoms with Gasteiger partial charge in [0.1, 0.15) is 18.4 Å². The van der Waals surface area contributed by atoms with Gasteiger partial charge in [0.2, 0.25) is 5.78 Å². The van der Waals surface area contributed by atoms with E-state index in [4.69, 9.17) is 18.6 Å². The number of ketones is 1. The van der Waals surface area contributed by atoms with Gasteiger partial charge in [-0.2, -0.15) is 0 Å². The molecule has 0 amide bonds. The van der Waals surface area contributed by atoms with Crippen LogP contribution in [0.15, 0.2) is 47.1 Å². The molecule has 2 heterocycles. The average Bonchev–Trinajstić information content (AvgIpc) is 3.37. The van der Waals surface area contributed by atoms with Gasteiger partial charge in [-0.25, -0.2) is 4.39 Å². The number of hydrogen-bond acceptors (Lipinski definition) is 6. The monoisotopic (exact) mass is 404 g/mol. The fraction of sp³-hybridized carbons (Fsp3) is 0.286. The highest BCUT2D eigenvalue weighted by molar-refractivity contribution is 7.17. The number of carbonyl (C=O) groups excluding carboxylic acids is 1. The smallest absolute Gasteiger partial charge is 0.238 e. The van der Waals surface area contributed by atoms with Crippen molar-refractivity contribution in [2.75, 3.05) is 27.1 Å². The molecule has 0 unspecified atom stereocenters. The van der Waals surface area contributed by atoms with Crippen LogP contribution in [0.3, 0.4) is 0 Å².